The normalized spacial score (nSPS) is 15.5. The summed E-state index contributed by atoms with van der Waals surface area (Å²) < 4.78 is 0. The Morgan fingerprint density at radius 1 is 1.18 bits per heavy atom. The number of likely N-dealkylation sites (N-methyl/N-ethyl adjacent to an activating group) is 1. The molecule has 0 radical (unpaired) electrons. The number of carbonyl (C=O) groups excluding carboxylic acids is 2. The van der Waals surface area contributed by atoms with Crippen molar-refractivity contribution >= 4 is 17.5 Å². The summed E-state index contributed by atoms with van der Waals surface area (Å²) in [6, 6.07) is 8.21. The predicted molar refractivity (Wildman–Crippen MR) is 86.9 cm³/mol. The molecule has 1 aliphatic carbocycles. The van der Waals surface area contributed by atoms with Crippen molar-refractivity contribution < 1.29 is 14.5 Å². The second-order valence-electron chi connectivity index (χ2n) is 6.44. The Hall–Kier alpha value is -1.88. The monoisotopic (exact) mass is 304 g/mol. The van der Waals surface area contributed by atoms with Crippen LogP contribution in [-0.2, 0) is 9.59 Å². The van der Waals surface area contributed by atoms with Gasteiger partial charge >= 0.3 is 0 Å². The minimum atomic E-state index is -0.0650. The zero-order valence-electron chi connectivity index (χ0n) is 13.6. The number of para-hydroxylation sites is 1. The van der Waals surface area contributed by atoms with Gasteiger partial charge in [0.05, 0.1) is 7.05 Å². The third kappa shape index (κ3) is 5.15. The van der Waals surface area contributed by atoms with Crippen molar-refractivity contribution in [3.05, 3.63) is 29.8 Å². The van der Waals surface area contributed by atoms with E-state index in [1.54, 1.807) is 0 Å². The van der Waals surface area contributed by atoms with Crippen LogP contribution in [0.2, 0.25) is 0 Å². The maximum absolute atomic E-state index is 12.2. The van der Waals surface area contributed by atoms with E-state index in [9.17, 15) is 9.59 Å². The first kappa shape index (κ1) is 16.5. The van der Waals surface area contributed by atoms with E-state index in [1.165, 1.54) is 0 Å². The van der Waals surface area contributed by atoms with Crippen molar-refractivity contribution in [1.29, 1.82) is 0 Å². The van der Waals surface area contributed by atoms with Gasteiger partial charge in [0.2, 0.25) is 0 Å². The molecule has 22 heavy (non-hydrogen) atoms. The van der Waals surface area contributed by atoms with E-state index in [1.807, 2.05) is 31.3 Å². The number of amides is 2. The third-order valence-corrected chi connectivity index (χ3v) is 3.72. The smallest absolute Gasteiger partial charge is 0.279 e. The maximum atomic E-state index is 12.2. The van der Waals surface area contributed by atoms with Crippen LogP contribution in [0.25, 0.3) is 0 Å². The number of carbonyl (C=O) groups is 2. The zero-order valence-corrected chi connectivity index (χ0v) is 13.6. The standard InChI is InChI=1S/C17H25N3O2/c1-12(2)14-6-4-5-7-15(14)19-17(22)11-20(3)10-16(21)18-13-8-9-13/h4-7,12-13H,8-11H2,1-3H3,(H,18,21)(H,19,22)/p+1. The van der Waals surface area contributed by atoms with Crippen LogP contribution in [-0.4, -0.2) is 38.0 Å². The van der Waals surface area contributed by atoms with Gasteiger partial charge in [0, 0.05) is 11.7 Å². The minimum Gasteiger partial charge on any atom is -0.348 e. The molecule has 0 bridgehead atoms. The van der Waals surface area contributed by atoms with Crippen molar-refractivity contribution in [2.24, 2.45) is 0 Å². The number of rotatable bonds is 7. The zero-order chi connectivity index (χ0) is 16.1. The fourth-order valence-electron chi connectivity index (χ4n) is 2.43. The van der Waals surface area contributed by atoms with Gasteiger partial charge in [-0.25, -0.2) is 0 Å². The van der Waals surface area contributed by atoms with Crippen molar-refractivity contribution in [3.63, 3.8) is 0 Å². The highest BCUT2D eigenvalue weighted by Gasteiger charge is 2.25. The number of quaternary nitrogens is 1. The summed E-state index contributed by atoms with van der Waals surface area (Å²) in [7, 11) is 1.86. The first-order valence-corrected chi connectivity index (χ1v) is 7.95. The molecule has 1 saturated carbocycles. The lowest BCUT2D eigenvalue weighted by Gasteiger charge is -2.16. The molecule has 2 rings (SSSR count). The van der Waals surface area contributed by atoms with Gasteiger partial charge < -0.3 is 15.5 Å². The van der Waals surface area contributed by atoms with Crippen LogP contribution >= 0.6 is 0 Å². The molecule has 1 unspecified atom stereocenters. The highest BCUT2D eigenvalue weighted by molar-refractivity contribution is 5.92. The Morgan fingerprint density at radius 3 is 2.45 bits per heavy atom. The van der Waals surface area contributed by atoms with Crippen molar-refractivity contribution in [2.75, 3.05) is 25.5 Å². The Morgan fingerprint density at radius 2 is 1.82 bits per heavy atom. The number of anilines is 1. The molecule has 5 nitrogen and oxygen atoms in total. The highest BCUT2D eigenvalue weighted by atomic mass is 16.2. The van der Waals surface area contributed by atoms with E-state index in [0.717, 1.165) is 29.0 Å². The maximum Gasteiger partial charge on any atom is 0.279 e. The largest absolute Gasteiger partial charge is 0.348 e. The lowest BCUT2D eigenvalue weighted by molar-refractivity contribution is -0.862. The molecule has 1 atom stereocenters. The summed E-state index contributed by atoms with van der Waals surface area (Å²) in [5.41, 5.74) is 1.98. The van der Waals surface area contributed by atoms with Gasteiger partial charge in [-0.3, -0.25) is 9.59 Å². The van der Waals surface area contributed by atoms with Gasteiger partial charge in [0.25, 0.3) is 11.8 Å². The second kappa shape index (κ2) is 7.40. The molecular formula is C17H26N3O2+. The number of hydrogen-bond donors (Lipinski definition) is 3. The average Bonchev–Trinajstić information content (AvgIpc) is 3.22. The Balaban J connectivity index is 1.83. The van der Waals surface area contributed by atoms with E-state index >= 15 is 0 Å². The minimum absolute atomic E-state index is 0.0235. The molecule has 2 amide bonds. The van der Waals surface area contributed by atoms with E-state index in [2.05, 4.69) is 24.5 Å². The molecule has 1 aliphatic rings. The van der Waals surface area contributed by atoms with Crippen molar-refractivity contribution in [1.82, 2.24) is 5.32 Å². The summed E-state index contributed by atoms with van der Waals surface area (Å²) in [5.74, 6) is 0.311. The topological polar surface area (TPSA) is 62.6 Å². The predicted octanol–water partition coefficient (Wildman–Crippen LogP) is 0.542. The summed E-state index contributed by atoms with van der Waals surface area (Å²) in [6.45, 7) is 4.81. The lowest BCUT2D eigenvalue weighted by Crippen LogP contribution is -3.11. The number of nitrogens with one attached hydrogen (secondary N) is 3. The number of hydrogen-bond acceptors (Lipinski definition) is 2. The van der Waals surface area contributed by atoms with Crippen LogP contribution in [0.3, 0.4) is 0 Å². The lowest BCUT2D eigenvalue weighted by atomic mass is 10.0. The van der Waals surface area contributed by atoms with Gasteiger partial charge in [0.15, 0.2) is 13.1 Å². The number of benzene rings is 1. The summed E-state index contributed by atoms with van der Waals surface area (Å²) >= 11 is 0. The highest BCUT2D eigenvalue weighted by Crippen LogP contribution is 2.23. The third-order valence-electron chi connectivity index (χ3n) is 3.72. The van der Waals surface area contributed by atoms with Gasteiger partial charge in [0.1, 0.15) is 0 Å². The molecule has 1 aromatic rings. The Bertz CT molecular complexity index is 538. The fourth-order valence-corrected chi connectivity index (χ4v) is 2.43. The van der Waals surface area contributed by atoms with E-state index < -0.39 is 0 Å². The molecule has 0 spiro atoms. The average molecular weight is 304 g/mol. The molecule has 1 fully saturated rings. The van der Waals surface area contributed by atoms with E-state index in [4.69, 9.17) is 0 Å². The Kier molecular flexibility index (Phi) is 5.55. The quantitative estimate of drug-likeness (QED) is 0.688. The van der Waals surface area contributed by atoms with Crippen LogP contribution in [0.4, 0.5) is 5.69 Å². The van der Waals surface area contributed by atoms with Crippen LogP contribution < -0.4 is 15.5 Å². The molecule has 0 saturated heterocycles. The van der Waals surface area contributed by atoms with Crippen LogP contribution in [0, 0.1) is 0 Å². The first-order chi connectivity index (χ1) is 10.5. The van der Waals surface area contributed by atoms with Gasteiger partial charge in [-0.05, 0) is 30.4 Å². The molecule has 0 heterocycles. The molecule has 0 aromatic heterocycles. The Labute approximate surface area is 132 Å². The SMILES string of the molecule is CC(C)c1ccccc1NC(=O)C[NH+](C)CC(=O)NC1CC1. The van der Waals surface area contributed by atoms with Crippen molar-refractivity contribution in [2.45, 2.75) is 38.6 Å². The molecular weight excluding hydrogens is 278 g/mol. The molecule has 1 aromatic carbocycles. The van der Waals surface area contributed by atoms with Crippen LogP contribution in [0.1, 0.15) is 38.2 Å². The fraction of sp³-hybridized carbons (Fsp3) is 0.529. The van der Waals surface area contributed by atoms with E-state index in [0.29, 0.717) is 18.5 Å². The van der Waals surface area contributed by atoms with Crippen LogP contribution in [0.15, 0.2) is 24.3 Å². The van der Waals surface area contributed by atoms with E-state index in [-0.39, 0.29) is 18.4 Å². The van der Waals surface area contributed by atoms with Gasteiger partial charge in [-0.15, -0.1) is 0 Å². The van der Waals surface area contributed by atoms with Crippen LogP contribution in [0.5, 0.6) is 0 Å². The summed E-state index contributed by atoms with van der Waals surface area (Å²) in [6.07, 6.45) is 2.16. The molecule has 3 N–H and O–H groups in total. The summed E-state index contributed by atoms with van der Waals surface area (Å²) in [4.78, 5) is 24.8. The first-order valence-electron chi connectivity index (χ1n) is 7.95. The van der Waals surface area contributed by atoms with Gasteiger partial charge in [-0.2, -0.15) is 0 Å². The second-order valence-corrected chi connectivity index (χ2v) is 6.44. The van der Waals surface area contributed by atoms with Gasteiger partial charge in [-0.1, -0.05) is 32.0 Å². The molecule has 120 valence electrons. The summed E-state index contributed by atoms with van der Waals surface area (Å²) in [5, 5.41) is 5.90. The molecule has 5 heteroatoms. The molecule has 0 aliphatic heterocycles. The van der Waals surface area contributed by atoms with Crippen molar-refractivity contribution in [3.8, 4) is 0 Å².